The highest BCUT2D eigenvalue weighted by Crippen LogP contribution is 2.32. The molecular weight excluding hydrogens is 279 g/mol. The molecule has 0 heterocycles. The van der Waals surface area contributed by atoms with E-state index < -0.39 is 14.0 Å². The standard InChI is InChI=1S/C14H31O5P/c1-2-3-4-5-6-7-8-9-10-14(11-15,12-16)13-19-20(17)18/h15-18H,2-13H2,1H3. The highest BCUT2D eigenvalue weighted by atomic mass is 31.2. The second kappa shape index (κ2) is 12.9. The minimum absolute atomic E-state index is 0.0186. The van der Waals surface area contributed by atoms with Crippen LogP contribution in [0.5, 0.6) is 0 Å². The molecule has 5 nitrogen and oxygen atoms in total. The van der Waals surface area contributed by atoms with Gasteiger partial charge in [-0.15, -0.1) is 0 Å². The number of unbranched alkanes of at least 4 members (excludes halogenated alkanes) is 7. The largest absolute Gasteiger partial charge is 0.396 e. The normalized spacial score (nSPS) is 12.3. The molecule has 20 heavy (non-hydrogen) atoms. The predicted molar refractivity (Wildman–Crippen MR) is 81.1 cm³/mol. The van der Waals surface area contributed by atoms with Crippen molar-refractivity contribution < 1.29 is 24.5 Å². The van der Waals surface area contributed by atoms with Crippen molar-refractivity contribution in [2.45, 2.75) is 64.7 Å². The molecule has 0 unspecified atom stereocenters. The van der Waals surface area contributed by atoms with E-state index in [9.17, 15) is 10.2 Å². The Hall–Kier alpha value is 0.230. The van der Waals surface area contributed by atoms with E-state index in [4.69, 9.17) is 14.3 Å². The van der Waals surface area contributed by atoms with Crippen molar-refractivity contribution in [3.05, 3.63) is 0 Å². The maximum Gasteiger partial charge on any atom is 0.327 e. The van der Waals surface area contributed by atoms with Gasteiger partial charge in [-0.2, -0.15) is 0 Å². The molecule has 0 aromatic rings. The van der Waals surface area contributed by atoms with Crippen molar-refractivity contribution in [3.8, 4) is 0 Å². The first kappa shape index (κ1) is 20.2. The quantitative estimate of drug-likeness (QED) is 0.292. The molecule has 0 saturated heterocycles. The lowest BCUT2D eigenvalue weighted by Gasteiger charge is -2.29. The lowest BCUT2D eigenvalue weighted by atomic mass is 9.85. The summed E-state index contributed by atoms with van der Waals surface area (Å²) in [6.07, 6.45) is 10.2. The van der Waals surface area contributed by atoms with Gasteiger partial charge in [0.15, 0.2) is 0 Å². The zero-order valence-corrected chi connectivity index (χ0v) is 13.5. The molecule has 0 saturated carbocycles. The Kier molecular flexibility index (Phi) is 13.1. The SMILES string of the molecule is CCCCCCCCCCC(CO)(CO)COP(O)O. The average molecular weight is 310 g/mol. The maximum absolute atomic E-state index is 9.39. The molecule has 6 heteroatoms. The van der Waals surface area contributed by atoms with Crippen LogP contribution in [0.4, 0.5) is 0 Å². The summed E-state index contributed by atoms with van der Waals surface area (Å²) in [7, 11) is -2.43. The molecule has 0 aliphatic carbocycles. The lowest BCUT2D eigenvalue weighted by molar-refractivity contribution is 0.00284. The van der Waals surface area contributed by atoms with Gasteiger partial charge in [-0.1, -0.05) is 58.3 Å². The summed E-state index contributed by atoms with van der Waals surface area (Å²) in [6, 6.07) is 0. The van der Waals surface area contributed by atoms with Crippen LogP contribution >= 0.6 is 8.60 Å². The number of aliphatic hydroxyl groups is 2. The molecule has 0 aliphatic heterocycles. The van der Waals surface area contributed by atoms with Crippen LogP contribution in [-0.4, -0.2) is 39.8 Å². The van der Waals surface area contributed by atoms with Gasteiger partial charge in [0.1, 0.15) is 0 Å². The monoisotopic (exact) mass is 310 g/mol. The molecule has 0 aromatic carbocycles. The molecule has 0 amide bonds. The van der Waals surface area contributed by atoms with Crippen LogP contribution in [0.25, 0.3) is 0 Å². The van der Waals surface area contributed by atoms with Gasteiger partial charge in [0.25, 0.3) is 0 Å². The summed E-state index contributed by atoms with van der Waals surface area (Å²) < 4.78 is 4.77. The van der Waals surface area contributed by atoms with Crippen LogP contribution in [-0.2, 0) is 4.52 Å². The van der Waals surface area contributed by atoms with Gasteiger partial charge in [0.2, 0.25) is 0 Å². The zero-order chi connectivity index (χ0) is 15.3. The first-order valence-electron chi connectivity index (χ1n) is 7.63. The summed E-state index contributed by atoms with van der Waals surface area (Å²) in [5, 5.41) is 18.8. The summed E-state index contributed by atoms with van der Waals surface area (Å²) in [4.78, 5) is 17.5. The van der Waals surface area contributed by atoms with Crippen molar-refractivity contribution in [2.75, 3.05) is 19.8 Å². The first-order chi connectivity index (χ1) is 9.60. The molecule has 122 valence electrons. The third-order valence-electron chi connectivity index (χ3n) is 3.72. The minimum atomic E-state index is -2.43. The summed E-state index contributed by atoms with van der Waals surface area (Å²) >= 11 is 0. The molecular formula is C14H31O5P. The topological polar surface area (TPSA) is 90.2 Å². The van der Waals surface area contributed by atoms with Gasteiger partial charge in [0.05, 0.1) is 19.8 Å². The van der Waals surface area contributed by atoms with Gasteiger partial charge in [-0.05, 0) is 6.42 Å². The summed E-state index contributed by atoms with van der Waals surface area (Å²) in [5.41, 5.74) is -0.756. The van der Waals surface area contributed by atoms with Gasteiger partial charge < -0.3 is 24.5 Å². The second-order valence-electron chi connectivity index (χ2n) is 5.57. The van der Waals surface area contributed by atoms with Crippen LogP contribution in [0.1, 0.15) is 64.7 Å². The Morgan fingerprint density at radius 1 is 0.850 bits per heavy atom. The molecule has 0 rings (SSSR count). The zero-order valence-electron chi connectivity index (χ0n) is 12.6. The Labute approximate surface area is 124 Å². The van der Waals surface area contributed by atoms with E-state index in [1.54, 1.807) is 0 Å². The minimum Gasteiger partial charge on any atom is -0.396 e. The van der Waals surface area contributed by atoms with Gasteiger partial charge >= 0.3 is 8.60 Å². The summed E-state index contributed by atoms with van der Waals surface area (Å²) in [5.74, 6) is 0. The van der Waals surface area contributed by atoms with Crippen LogP contribution < -0.4 is 0 Å². The van der Waals surface area contributed by atoms with Gasteiger partial charge in [-0.25, -0.2) is 0 Å². The van der Waals surface area contributed by atoms with Crippen molar-refractivity contribution >= 4 is 8.60 Å². The number of aliphatic hydroxyl groups excluding tert-OH is 2. The first-order valence-corrected chi connectivity index (χ1v) is 8.79. The van der Waals surface area contributed by atoms with Crippen molar-refractivity contribution in [2.24, 2.45) is 5.41 Å². The molecule has 0 aromatic heterocycles. The number of hydrogen-bond donors (Lipinski definition) is 4. The third kappa shape index (κ3) is 10.0. The van der Waals surface area contributed by atoms with E-state index in [2.05, 4.69) is 6.92 Å². The molecule has 0 aliphatic rings. The Balaban J connectivity index is 3.74. The van der Waals surface area contributed by atoms with E-state index in [1.807, 2.05) is 0 Å². The molecule has 0 radical (unpaired) electrons. The number of rotatable bonds is 14. The average Bonchev–Trinajstić information content (AvgIpc) is 2.45. The van der Waals surface area contributed by atoms with Crippen molar-refractivity contribution in [1.29, 1.82) is 0 Å². The van der Waals surface area contributed by atoms with E-state index >= 15 is 0 Å². The molecule has 0 fully saturated rings. The van der Waals surface area contributed by atoms with E-state index in [0.717, 1.165) is 12.8 Å². The fourth-order valence-electron chi connectivity index (χ4n) is 2.20. The van der Waals surface area contributed by atoms with E-state index in [1.165, 1.54) is 38.5 Å². The van der Waals surface area contributed by atoms with Gasteiger partial charge in [0, 0.05) is 5.41 Å². The fourth-order valence-corrected chi connectivity index (χ4v) is 2.59. The highest BCUT2D eigenvalue weighted by Gasteiger charge is 2.29. The summed E-state index contributed by atoms with van der Waals surface area (Å²) in [6.45, 7) is 1.78. The van der Waals surface area contributed by atoms with E-state index in [0.29, 0.717) is 6.42 Å². The van der Waals surface area contributed by atoms with Crippen LogP contribution in [0, 0.1) is 5.41 Å². The molecule has 0 bridgehead atoms. The fraction of sp³-hybridized carbons (Fsp3) is 1.00. The Morgan fingerprint density at radius 2 is 1.35 bits per heavy atom. The molecule has 4 N–H and O–H groups in total. The van der Waals surface area contributed by atoms with Crippen molar-refractivity contribution in [3.63, 3.8) is 0 Å². The van der Waals surface area contributed by atoms with Gasteiger partial charge in [-0.3, -0.25) is 0 Å². The highest BCUT2D eigenvalue weighted by molar-refractivity contribution is 7.39. The third-order valence-corrected chi connectivity index (χ3v) is 4.08. The van der Waals surface area contributed by atoms with Crippen LogP contribution in [0.15, 0.2) is 0 Å². The lowest BCUT2D eigenvalue weighted by Crippen LogP contribution is -2.34. The smallest absolute Gasteiger partial charge is 0.327 e. The van der Waals surface area contributed by atoms with Crippen LogP contribution in [0.2, 0.25) is 0 Å². The number of hydrogen-bond acceptors (Lipinski definition) is 5. The maximum atomic E-state index is 9.39. The molecule has 0 atom stereocenters. The van der Waals surface area contributed by atoms with Crippen molar-refractivity contribution in [1.82, 2.24) is 0 Å². The Bertz CT molecular complexity index is 210. The predicted octanol–water partition coefficient (Wildman–Crippen LogP) is 2.72. The second-order valence-corrected chi connectivity index (χ2v) is 6.33. The molecule has 0 spiro atoms. The van der Waals surface area contributed by atoms with Crippen LogP contribution in [0.3, 0.4) is 0 Å². The Morgan fingerprint density at radius 3 is 1.80 bits per heavy atom. The van der Waals surface area contributed by atoms with E-state index in [-0.39, 0.29) is 19.8 Å².